The van der Waals surface area contributed by atoms with Crippen molar-refractivity contribution in [3.8, 4) is 5.75 Å². The van der Waals surface area contributed by atoms with Gasteiger partial charge in [-0.15, -0.1) is 0 Å². The molecule has 0 heterocycles. The molecule has 1 rings (SSSR count). The molecule has 5 nitrogen and oxygen atoms in total. The van der Waals surface area contributed by atoms with Crippen LogP contribution in [0.3, 0.4) is 0 Å². The molecule has 0 amide bonds. The number of benzene rings is 1. The zero-order valence-electron chi connectivity index (χ0n) is 9.66. The van der Waals surface area contributed by atoms with Crippen LogP contribution >= 0.6 is 0 Å². The van der Waals surface area contributed by atoms with Crippen molar-refractivity contribution in [3.63, 3.8) is 0 Å². The van der Waals surface area contributed by atoms with Gasteiger partial charge >= 0.3 is 5.97 Å². The maximum atomic E-state index is 13.4. The molecule has 0 aromatic heterocycles. The van der Waals surface area contributed by atoms with Crippen molar-refractivity contribution < 1.29 is 23.4 Å². The SMILES string of the molecule is COCCOc1ccc(F)c(C(=O)OC)c1N. The fourth-order valence-electron chi connectivity index (χ4n) is 1.24. The highest BCUT2D eigenvalue weighted by Gasteiger charge is 2.19. The minimum absolute atomic E-state index is 0.0760. The Bertz CT molecular complexity index is 409. The van der Waals surface area contributed by atoms with Gasteiger partial charge in [-0.25, -0.2) is 9.18 Å². The summed E-state index contributed by atoms with van der Waals surface area (Å²) in [7, 11) is 2.68. The molecule has 0 radical (unpaired) electrons. The highest BCUT2D eigenvalue weighted by Crippen LogP contribution is 2.28. The fourth-order valence-corrected chi connectivity index (χ4v) is 1.24. The number of hydrogen-bond donors (Lipinski definition) is 1. The van der Waals surface area contributed by atoms with Crippen LogP contribution in [0.1, 0.15) is 10.4 Å². The lowest BCUT2D eigenvalue weighted by Crippen LogP contribution is -2.12. The summed E-state index contributed by atoms with van der Waals surface area (Å²) in [6.07, 6.45) is 0. The van der Waals surface area contributed by atoms with Gasteiger partial charge in [0.25, 0.3) is 0 Å². The van der Waals surface area contributed by atoms with Crippen molar-refractivity contribution in [2.75, 3.05) is 33.2 Å². The number of methoxy groups -OCH3 is 2. The van der Waals surface area contributed by atoms with E-state index >= 15 is 0 Å². The standard InChI is InChI=1S/C11H14FNO4/c1-15-5-6-17-8-4-3-7(12)9(10(8)13)11(14)16-2/h3-4H,5-6,13H2,1-2H3. The van der Waals surface area contributed by atoms with E-state index in [1.54, 1.807) is 0 Å². The monoisotopic (exact) mass is 243 g/mol. The van der Waals surface area contributed by atoms with E-state index in [-0.39, 0.29) is 23.6 Å². The summed E-state index contributed by atoms with van der Waals surface area (Å²) in [6.45, 7) is 0.622. The Morgan fingerprint density at radius 1 is 1.35 bits per heavy atom. The summed E-state index contributed by atoms with van der Waals surface area (Å²) in [5.41, 5.74) is 5.24. The van der Waals surface area contributed by atoms with E-state index in [2.05, 4.69) is 4.74 Å². The van der Waals surface area contributed by atoms with Crippen LogP contribution in [0, 0.1) is 5.82 Å². The first-order valence-electron chi connectivity index (χ1n) is 4.89. The Kier molecular flexibility index (Phi) is 4.71. The zero-order valence-corrected chi connectivity index (χ0v) is 9.66. The van der Waals surface area contributed by atoms with Gasteiger partial charge in [0.15, 0.2) is 0 Å². The van der Waals surface area contributed by atoms with Gasteiger partial charge in [0.1, 0.15) is 23.7 Å². The summed E-state index contributed by atoms with van der Waals surface area (Å²) in [5, 5.41) is 0. The van der Waals surface area contributed by atoms with Gasteiger partial charge < -0.3 is 19.9 Å². The quantitative estimate of drug-likeness (QED) is 0.478. The number of carbonyl (C=O) groups is 1. The van der Waals surface area contributed by atoms with Crippen molar-refractivity contribution in [2.24, 2.45) is 0 Å². The summed E-state index contributed by atoms with van der Waals surface area (Å²) < 4.78 is 27.9. The highest BCUT2D eigenvalue weighted by atomic mass is 19.1. The van der Waals surface area contributed by atoms with Gasteiger partial charge in [-0.2, -0.15) is 0 Å². The first-order chi connectivity index (χ1) is 8.11. The van der Waals surface area contributed by atoms with Crippen LogP contribution in [0.4, 0.5) is 10.1 Å². The molecule has 0 bridgehead atoms. The first-order valence-corrected chi connectivity index (χ1v) is 4.89. The van der Waals surface area contributed by atoms with E-state index < -0.39 is 11.8 Å². The Morgan fingerprint density at radius 2 is 2.06 bits per heavy atom. The van der Waals surface area contributed by atoms with Gasteiger partial charge in [-0.05, 0) is 12.1 Å². The topological polar surface area (TPSA) is 70.8 Å². The van der Waals surface area contributed by atoms with Crippen LogP contribution in [0.15, 0.2) is 12.1 Å². The highest BCUT2D eigenvalue weighted by molar-refractivity contribution is 5.96. The number of hydrogen-bond acceptors (Lipinski definition) is 5. The van der Waals surface area contributed by atoms with E-state index in [0.717, 1.165) is 13.2 Å². The van der Waals surface area contributed by atoms with Gasteiger partial charge in [-0.3, -0.25) is 0 Å². The second-order valence-corrected chi connectivity index (χ2v) is 3.17. The molecule has 0 saturated heterocycles. The Morgan fingerprint density at radius 3 is 2.65 bits per heavy atom. The predicted molar refractivity (Wildman–Crippen MR) is 59.5 cm³/mol. The van der Waals surface area contributed by atoms with E-state index in [4.69, 9.17) is 15.2 Å². The third kappa shape index (κ3) is 3.07. The van der Waals surface area contributed by atoms with Crippen molar-refractivity contribution >= 4 is 11.7 Å². The maximum Gasteiger partial charge on any atom is 0.343 e. The lowest BCUT2D eigenvalue weighted by molar-refractivity contribution is 0.0596. The predicted octanol–water partition coefficient (Wildman–Crippen LogP) is 1.22. The van der Waals surface area contributed by atoms with Gasteiger partial charge in [0.05, 0.1) is 19.4 Å². The molecule has 6 heteroatoms. The summed E-state index contributed by atoms with van der Waals surface area (Å²) in [5.74, 6) is -1.35. The number of esters is 1. The van der Waals surface area contributed by atoms with Crippen LogP contribution in [-0.2, 0) is 9.47 Å². The minimum Gasteiger partial charge on any atom is -0.489 e. The molecule has 0 unspecified atom stereocenters. The second-order valence-electron chi connectivity index (χ2n) is 3.17. The van der Waals surface area contributed by atoms with E-state index in [1.165, 1.54) is 13.2 Å². The maximum absolute atomic E-state index is 13.4. The van der Waals surface area contributed by atoms with Crippen molar-refractivity contribution in [1.29, 1.82) is 0 Å². The van der Waals surface area contributed by atoms with Gasteiger partial charge in [-0.1, -0.05) is 0 Å². The number of ether oxygens (including phenoxy) is 3. The Labute approximate surface area is 98.3 Å². The fraction of sp³-hybridized carbons (Fsp3) is 0.364. The molecule has 0 spiro atoms. The molecule has 0 aliphatic carbocycles. The van der Waals surface area contributed by atoms with Crippen molar-refractivity contribution in [3.05, 3.63) is 23.5 Å². The summed E-state index contributed by atoms with van der Waals surface area (Å²) >= 11 is 0. The number of rotatable bonds is 5. The van der Waals surface area contributed by atoms with E-state index in [9.17, 15) is 9.18 Å². The third-order valence-electron chi connectivity index (χ3n) is 2.09. The van der Waals surface area contributed by atoms with Crippen LogP contribution in [0.25, 0.3) is 0 Å². The van der Waals surface area contributed by atoms with E-state index in [0.29, 0.717) is 6.61 Å². The van der Waals surface area contributed by atoms with Gasteiger partial charge in [0, 0.05) is 7.11 Å². The Balaban J connectivity index is 2.97. The molecule has 17 heavy (non-hydrogen) atoms. The number of carbonyl (C=O) groups excluding carboxylic acids is 1. The summed E-state index contributed by atoms with van der Waals surface area (Å²) in [4.78, 5) is 11.3. The molecule has 1 aromatic carbocycles. The van der Waals surface area contributed by atoms with Crippen molar-refractivity contribution in [1.82, 2.24) is 0 Å². The zero-order chi connectivity index (χ0) is 12.8. The first kappa shape index (κ1) is 13.2. The number of nitrogen functional groups attached to an aromatic ring is 1. The lowest BCUT2D eigenvalue weighted by Gasteiger charge is -2.11. The minimum atomic E-state index is -0.836. The van der Waals surface area contributed by atoms with Crippen molar-refractivity contribution in [2.45, 2.75) is 0 Å². The molecule has 0 fully saturated rings. The molecular weight excluding hydrogens is 229 g/mol. The van der Waals surface area contributed by atoms with Crippen LogP contribution < -0.4 is 10.5 Å². The number of halogens is 1. The third-order valence-corrected chi connectivity index (χ3v) is 2.09. The molecule has 94 valence electrons. The summed E-state index contributed by atoms with van der Waals surface area (Å²) in [6, 6.07) is 2.46. The second kappa shape index (κ2) is 6.05. The number of nitrogens with two attached hydrogens (primary N) is 1. The van der Waals surface area contributed by atoms with Crippen LogP contribution in [0.5, 0.6) is 5.75 Å². The molecular formula is C11H14FNO4. The molecule has 0 aliphatic heterocycles. The normalized spacial score (nSPS) is 10.1. The molecule has 0 atom stereocenters. The smallest absolute Gasteiger partial charge is 0.343 e. The van der Waals surface area contributed by atoms with Crippen LogP contribution in [-0.4, -0.2) is 33.4 Å². The average molecular weight is 243 g/mol. The molecule has 0 saturated carbocycles. The Hall–Kier alpha value is -1.82. The largest absolute Gasteiger partial charge is 0.489 e. The molecule has 0 aliphatic rings. The number of anilines is 1. The lowest BCUT2D eigenvalue weighted by atomic mass is 10.1. The van der Waals surface area contributed by atoms with E-state index in [1.807, 2.05) is 0 Å². The molecule has 1 aromatic rings. The molecule has 2 N–H and O–H groups in total. The van der Waals surface area contributed by atoms with Gasteiger partial charge in [0.2, 0.25) is 0 Å². The average Bonchev–Trinajstić information content (AvgIpc) is 2.32. The van der Waals surface area contributed by atoms with Crippen LogP contribution in [0.2, 0.25) is 0 Å².